The quantitative estimate of drug-likeness (QED) is 0.364. The topological polar surface area (TPSA) is 114 Å². The summed E-state index contributed by atoms with van der Waals surface area (Å²) < 4.78 is 17.4. The standard InChI is InChI=1S/C27H36N2O7/c1-6-34-23-15-22(16-24(35-7-2)26(23)19(4)30)18(3)29(27(33)28-17-25(31)32)13-14-36-20(5)21-11-9-8-10-12-21/h8-12,15-16,18,20H,6-7,13-14,17H2,1-5H3,(H,28,33)(H,31,32)/t18-,20+/m1/s1. The van der Waals surface area contributed by atoms with Gasteiger partial charge in [-0.1, -0.05) is 30.3 Å². The third-order valence-corrected chi connectivity index (χ3v) is 5.61. The van der Waals surface area contributed by atoms with Crippen LogP contribution in [0.5, 0.6) is 11.5 Å². The Hall–Kier alpha value is -3.59. The van der Waals surface area contributed by atoms with E-state index in [0.29, 0.717) is 35.8 Å². The van der Waals surface area contributed by atoms with Crippen molar-refractivity contribution in [1.82, 2.24) is 10.2 Å². The summed E-state index contributed by atoms with van der Waals surface area (Å²) in [6.07, 6.45) is -0.186. The molecule has 0 bridgehead atoms. The Labute approximate surface area is 212 Å². The number of nitrogens with one attached hydrogen (secondary N) is 1. The fourth-order valence-electron chi connectivity index (χ4n) is 3.79. The Bertz CT molecular complexity index is 999. The molecule has 0 spiro atoms. The number of benzene rings is 2. The highest BCUT2D eigenvalue weighted by Crippen LogP contribution is 2.35. The molecule has 0 heterocycles. The normalized spacial score (nSPS) is 12.4. The summed E-state index contributed by atoms with van der Waals surface area (Å²) in [5.74, 6) is -0.594. The molecule has 2 aromatic rings. The minimum Gasteiger partial charge on any atom is -0.493 e. The molecule has 0 aliphatic heterocycles. The molecular formula is C27H36N2O7. The summed E-state index contributed by atoms with van der Waals surface area (Å²) in [5.41, 5.74) is 2.03. The molecule has 0 aliphatic carbocycles. The molecule has 2 atom stereocenters. The van der Waals surface area contributed by atoms with E-state index < -0.39 is 24.6 Å². The van der Waals surface area contributed by atoms with Gasteiger partial charge < -0.3 is 29.5 Å². The second-order valence-corrected chi connectivity index (χ2v) is 8.16. The van der Waals surface area contributed by atoms with E-state index in [0.717, 1.165) is 5.56 Å². The molecule has 2 rings (SSSR count). The first-order chi connectivity index (χ1) is 17.2. The van der Waals surface area contributed by atoms with Crippen molar-refractivity contribution in [2.24, 2.45) is 0 Å². The van der Waals surface area contributed by atoms with Crippen LogP contribution in [-0.2, 0) is 9.53 Å². The van der Waals surface area contributed by atoms with E-state index in [-0.39, 0.29) is 25.0 Å². The number of hydrogen-bond acceptors (Lipinski definition) is 6. The number of rotatable bonds is 14. The number of aliphatic carboxylic acids is 1. The minimum atomic E-state index is -1.15. The number of ketones is 1. The van der Waals surface area contributed by atoms with Crippen LogP contribution in [0.25, 0.3) is 0 Å². The molecular weight excluding hydrogens is 464 g/mol. The number of amides is 2. The van der Waals surface area contributed by atoms with E-state index in [1.165, 1.54) is 11.8 Å². The van der Waals surface area contributed by atoms with E-state index in [1.54, 1.807) is 12.1 Å². The molecule has 196 valence electrons. The largest absolute Gasteiger partial charge is 0.493 e. The van der Waals surface area contributed by atoms with Crippen LogP contribution in [0.3, 0.4) is 0 Å². The first kappa shape index (κ1) is 28.6. The van der Waals surface area contributed by atoms with E-state index in [1.807, 2.05) is 58.0 Å². The first-order valence-corrected chi connectivity index (χ1v) is 12.1. The molecule has 0 saturated carbocycles. The molecule has 0 radical (unpaired) electrons. The van der Waals surface area contributed by atoms with Crippen molar-refractivity contribution < 1.29 is 33.7 Å². The Morgan fingerprint density at radius 1 is 0.972 bits per heavy atom. The molecule has 0 unspecified atom stereocenters. The second kappa shape index (κ2) is 14.1. The smallest absolute Gasteiger partial charge is 0.323 e. The minimum absolute atomic E-state index is 0.186. The van der Waals surface area contributed by atoms with Gasteiger partial charge in [0.1, 0.15) is 23.6 Å². The summed E-state index contributed by atoms with van der Waals surface area (Å²) in [5, 5.41) is 11.5. The lowest BCUT2D eigenvalue weighted by molar-refractivity contribution is -0.135. The fraction of sp³-hybridized carbons (Fsp3) is 0.444. The number of nitrogens with zero attached hydrogens (tertiary/aromatic N) is 1. The van der Waals surface area contributed by atoms with Gasteiger partial charge in [-0.25, -0.2) is 4.79 Å². The molecule has 9 nitrogen and oxygen atoms in total. The molecule has 9 heteroatoms. The Morgan fingerprint density at radius 3 is 2.06 bits per heavy atom. The molecule has 2 N–H and O–H groups in total. The first-order valence-electron chi connectivity index (χ1n) is 12.1. The molecule has 0 saturated heterocycles. The van der Waals surface area contributed by atoms with Gasteiger partial charge in [-0.2, -0.15) is 0 Å². The number of Topliss-reactive ketones (excluding diaryl/α,β-unsaturated/α-hetero) is 1. The SMILES string of the molecule is CCOc1cc([C@@H](C)N(CCO[C@@H](C)c2ccccc2)C(=O)NCC(=O)O)cc(OCC)c1C(C)=O. The Kier molecular flexibility index (Phi) is 11.2. The highest BCUT2D eigenvalue weighted by Gasteiger charge is 2.26. The van der Waals surface area contributed by atoms with Crippen LogP contribution in [0.2, 0.25) is 0 Å². The van der Waals surface area contributed by atoms with Crippen LogP contribution in [0.4, 0.5) is 4.79 Å². The third kappa shape index (κ3) is 7.98. The van der Waals surface area contributed by atoms with Gasteiger partial charge in [-0.3, -0.25) is 9.59 Å². The van der Waals surface area contributed by atoms with Crippen LogP contribution in [0, 0.1) is 0 Å². The van der Waals surface area contributed by atoms with Crippen molar-refractivity contribution in [2.75, 3.05) is 32.9 Å². The maximum Gasteiger partial charge on any atom is 0.323 e. The zero-order valence-electron chi connectivity index (χ0n) is 21.6. The van der Waals surface area contributed by atoms with Crippen LogP contribution in [0.15, 0.2) is 42.5 Å². The van der Waals surface area contributed by atoms with Crippen molar-refractivity contribution in [3.8, 4) is 11.5 Å². The Morgan fingerprint density at radius 2 is 1.56 bits per heavy atom. The molecule has 0 aromatic heterocycles. The summed E-state index contributed by atoms with van der Waals surface area (Å²) in [6.45, 7) is 9.42. The third-order valence-electron chi connectivity index (χ3n) is 5.61. The summed E-state index contributed by atoms with van der Waals surface area (Å²) >= 11 is 0. The molecule has 36 heavy (non-hydrogen) atoms. The molecule has 2 amide bonds. The number of carboxylic acids is 1. The lowest BCUT2D eigenvalue weighted by Crippen LogP contribution is -2.44. The maximum absolute atomic E-state index is 13.0. The fourth-order valence-corrected chi connectivity index (χ4v) is 3.79. The number of carboxylic acid groups (broad SMARTS) is 1. The zero-order chi connectivity index (χ0) is 26.7. The molecule has 0 fully saturated rings. The van der Waals surface area contributed by atoms with Gasteiger partial charge in [-0.15, -0.1) is 0 Å². The van der Waals surface area contributed by atoms with Gasteiger partial charge in [0, 0.05) is 6.54 Å². The highest BCUT2D eigenvalue weighted by atomic mass is 16.5. The van der Waals surface area contributed by atoms with Crippen LogP contribution in [0.1, 0.15) is 68.2 Å². The number of ether oxygens (including phenoxy) is 3. The van der Waals surface area contributed by atoms with Crippen molar-refractivity contribution in [3.63, 3.8) is 0 Å². The van der Waals surface area contributed by atoms with Gasteiger partial charge in [-0.05, 0) is 57.9 Å². The molecule has 0 aliphatic rings. The van der Waals surface area contributed by atoms with Crippen molar-refractivity contribution >= 4 is 17.8 Å². The second-order valence-electron chi connectivity index (χ2n) is 8.16. The van der Waals surface area contributed by atoms with Gasteiger partial charge >= 0.3 is 12.0 Å². The summed E-state index contributed by atoms with van der Waals surface area (Å²) in [7, 11) is 0. The predicted octanol–water partition coefficient (Wildman–Crippen LogP) is 4.62. The number of hydrogen-bond donors (Lipinski definition) is 2. The van der Waals surface area contributed by atoms with Crippen molar-refractivity contribution in [1.29, 1.82) is 0 Å². The van der Waals surface area contributed by atoms with Gasteiger partial charge in [0.05, 0.1) is 32.0 Å². The number of urea groups is 1. The van der Waals surface area contributed by atoms with Gasteiger partial charge in [0.2, 0.25) is 0 Å². The summed E-state index contributed by atoms with van der Waals surface area (Å²) in [6, 6.07) is 12.1. The van der Waals surface area contributed by atoms with E-state index in [2.05, 4.69) is 5.32 Å². The lowest BCUT2D eigenvalue weighted by Gasteiger charge is -2.31. The van der Waals surface area contributed by atoms with Crippen LogP contribution >= 0.6 is 0 Å². The van der Waals surface area contributed by atoms with E-state index in [4.69, 9.17) is 19.3 Å². The average Bonchev–Trinajstić information content (AvgIpc) is 2.85. The average molecular weight is 501 g/mol. The summed E-state index contributed by atoms with van der Waals surface area (Å²) in [4.78, 5) is 37.8. The molecule has 2 aromatic carbocycles. The van der Waals surface area contributed by atoms with Gasteiger partial charge in [0.25, 0.3) is 0 Å². The van der Waals surface area contributed by atoms with E-state index >= 15 is 0 Å². The maximum atomic E-state index is 13.0. The monoisotopic (exact) mass is 500 g/mol. The van der Waals surface area contributed by atoms with E-state index in [9.17, 15) is 14.4 Å². The predicted molar refractivity (Wildman–Crippen MR) is 136 cm³/mol. The Balaban J connectivity index is 2.33. The van der Waals surface area contributed by atoms with Crippen molar-refractivity contribution in [3.05, 3.63) is 59.2 Å². The zero-order valence-corrected chi connectivity index (χ0v) is 21.6. The van der Waals surface area contributed by atoms with Crippen molar-refractivity contribution in [2.45, 2.75) is 46.8 Å². The van der Waals surface area contributed by atoms with Crippen LogP contribution < -0.4 is 14.8 Å². The lowest BCUT2D eigenvalue weighted by atomic mass is 10.0. The van der Waals surface area contributed by atoms with Gasteiger partial charge in [0.15, 0.2) is 5.78 Å². The number of carbonyl (C=O) groups is 3. The number of carbonyl (C=O) groups excluding carboxylic acids is 2. The van der Waals surface area contributed by atoms with Crippen LogP contribution in [-0.4, -0.2) is 60.7 Å². The highest BCUT2D eigenvalue weighted by molar-refractivity contribution is 5.99.